The normalized spacial score (nSPS) is 12.0. The summed E-state index contributed by atoms with van der Waals surface area (Å²) >= 11 is 0. The molecule has 0 bridgehead atoms. The van der Waals surface area contributed by atoms with Crippen molar-refractivity contribution >= 4 is 7.85 Å². The van der Waals surface area contributed by atoms with E-state index in [1.54, 1.807) is 0 Å². The van der Waals surface area contributed by atoms with Crippen molar-refractivity contribution in [1.82, 2.24) is 0 Å². The first-order valence-electron chi connectivity index (χ1n) is 2.45. The van der Waals surface area contributed by atoms with E-state index in [1.807, 2.05) is 13.0 Å². The van der Waals surface area contributed by atoms with Crippen molar-refractivity contribution in [2.75, 3.05) is 6.54 Å². The Balaban J connectivity index is 3.29. The first-order chi connectivity index (χ1) is 3.31. The molecular weight excluding hydrogens is 84.9 g/mol. The fourth-order valence-corrected chi connectivity index (χ4v) is 0.296. The van der Waals surface area contributed by atoms with E-state index in [0.717, 1.165) is 11.9 Å². The zero-order valence-electron chi connectivity index (χ0n) is 4.65. The maximum Gasteiger partial charge on any atom is 0.107 e. The second-order valence-electron chi connectivity index (χ2n) is 1.37. The molecule has 1 nitrogen and oxygen atoms in total. The van der Waals surface area contributed by atoms with E-state index in [-0.39, 0.29) is 0 Å². The number of hydrogen-bond donors (Lipinski definition) is 1. The van der Waals surface area contributed by atoms with Crippen molar-refractivity contribution in [3.63, 3.8) is 0 Å². The van der Waals surface area contributed by atoms with E-state index in [4.69, 9.17) is 13.6 Å². The molecule has 38 valence electrons. The Morgan fingerprint density at radius 3 is 2.57 bits per heavy atom. The summed E-state index contributed by atoms with van der Waals surface area (Å²) in [6.45, 7) is 2.56. The Kier molecular flexibility index (Phi) is 3.81. The predicted molar refractivity (Wildman–Crippen MR) is 33.2 cm³/mol. The van der Waals surface area contributed by atoms with Gasteiger partial charge in [0.2, 0.25) is 0 Å². The van der Waals surface area contributed by atoms with E-state index in [0.29, 0.717) is 6.54 Å². The molecule has 0 rings (SSSR count). The molecule has 2 heteroatoms. The van der Waals surface area contributed by atoms with Crippen LogP contribution in [0.25, 0.3) is 0 Å². The van der Waals surface area contributed by atoms with Gasteiger partial charge in [0.1, 0.15) is 7.85 Å². The highest BCUT2D eigenvalue weighted by Gasteiger charge is 1.76. The van der Waals surface area contributed by atoms with Crippen LogP contribution >= 0.6 is 0 Å². The minimum atomic E-state index is 0.555. The van der Waals surface area contributed by atoms with Gasteiger partial charge in [-0.15, -0.1) is 5.47 Å². The third-order valence-electron chi connectivity index (χ3n) is 0.788. The van der Waals surface area contributed by atoms with Crippen LogP contribution in [-0.4, -0.2) is 14.4 Å². The van der Waals surface area contributed by atoms with E-state index in [9.17, 15) is 0 Å². The van der Waals surface area contributed by atoms with Crippen molar-refractivity contribution in [2.45, 2.75) is 13.3 Å². The predicted octanol–water partition coefficient (Wildman–Crippen LogP) is 0.407. The van der Waals surface area contributed by atoms with Gasteiger partial charge in [0, 0.05) is 6.54 Å². The Labute approximate surface area is 46.0 Å². The summed E-state index contributed by atoms with van der Waals surface area (Å²) in [6.07, 6.45) is 2.72. The van der Waals surface area contributed by atoms with Gasteiger partial charge in [-0.1, -0.05) is 13.0 Å². The third kappa shape index (κ3) is 3.60. The fraction of sp³-hybridized carbons (Fsp3) is 0.600. The minimum absolute atomic E-state index is 0.555. The van der Waals surface area contributed by atoms with E-state index < -0.39 is 0 Å². The van der Waals surface area contributed by atoms with Gasteiger partial charge in [-0.2, -0.15) is 0 Å². The van der Waals surface area contributed by atoms with Crippen LogP contribution in [0.5, 0.6) is 0 Å². The lowest BCUT2D eigenvalue weighted by atomic mass is 9.93. The fourth-order valence-electron chi connectivity index (χ4n) is 0.296. The van der Waals surface area contributed by atoms with Crippen LogP contribution in [0.15, 0.2) is 11.5 Å². The average molecular weight is 95.0 g/mol. The quantitative estimate of drug-likeness (QED) is 0.493. The van der Waals surface area contributed by atoms with Crippen LogP contribution in [0, 0.1) is 0 Å². The zero-order valence-corrected chi connectivity index (χ0v) is 4.65. The summed E-state index contributed by atoms with van der Waals surface area (Å²) in [6, 6.07) is 0. The lowest BCUT2D eigenvalue weighted by molar-refractivity contribution is 1.15. The second kappa shape index (κ2) is 3.94. The molecule has 0 aromatic carbocycles. The standard InChI is InChI=1S/C5H10BN/c1-2-5(6)3-4-7/h3H,2,4,7H2,1H3/b5-3+. The van der Waals surface area contributed by atoms with Crippen molar-refractivity contribution in [3.05, 3.63) is 11.5 Å². The molecule has 0 aliphatic carbocycles. The third-order valence-corrected chi connectivity index (χ3v) is 0.788. The Morgan fingerprint density at radius 2 is 2.43 bits per heavy atom. The summed E-state index contributed by atoms with van der Waals surface area (Å²) in [5.74, 6) is 0. The molecule has 0 aromatic heterocycles. The molecule has 2 N–H and O–H groups in total. The largest absolute Gasteiger partial charge is 0.327 e. The highest BCUT2D eigenvalue weighted by atomic mass is 14.5. The lowest BCUT2D eigenvalue weighted by Gasteiger charge is -1.89. The molecule has 0 aliphatic rings. The molecule has 2 radical (unpaired) electrons. The van der Waals surface area contributed by atoms with E-state index >= 15 is 0 Å². The molecule has 0 spiro atoms. The first-order valence-corrected chi connectivity index (χ1v) is 2.45. The number of allylic oxidation sites excluding steroid dienone is 1. The van der Waals surface area contributed by atoms with Gasteiger partial charge in [-0.25, -0.2) is 0 Å². The molecular formula is C5H10BN. The van der Waals surface area contributed by atoms with Crippen molar-refractivity contribution in [1.29, 1.82) is 0 Å². The Hall–Kier alpha value is -0.235. The van der Waals surface area contributed by atoms with Crippen molar-refractivity contribution < 1.29 is 0 Å². The highest BCUT2D eigenvalue weighted by molar-refractivity contribution is 6.21. The second-order valence-corrected chi connectivity index (χ2v) is 1.37. The smallest absolute Gasteiger partial charge is 0.107 e. The van der Waals surface area contributed by atoms with Crippen LogP contribution < -0.4 is 5.73 Å². The van der Waals surface area contributed by atoms with Gasteiger partial charge in [0.15, 0.2) is 0 Å². The minimum Gasteiger partial charge on any atom is -0.327 e. The van der Waals surface area contributed by atoms with Crippen LogP contribution in [0.1, 0.15) is 13.3 Å². The number of rotatable bonds is 2. The topological polar surface area (TPSA) is 26.0 Å². The molecule has 7 heavy (non-hydrogen) atoms. The van der Waals surface area contributed by atoms with Gasteiger partial charge >= 0.3 is 0 Å². The summed E-state index contributed by atoms with van der Waals surface area (Å²) in [7, 11) is 5.36. The zero-order chi connectivity index (χ0) is 5.70. The monoisotopic (exact) mass is 95.1 g/mol. The van der Waals surface area contributed by atoms with Gasteiger partial charge in [0.25, 0.3) is 0 Å². The Bertz CT molecular complexity index is 68.5. The molecule has 0 amide bonds. The molecule has 0 saturated carbocycles. The maximum atomic E-state index is 5.36. The Morgan fingerprint density at radius 1 is 1.86 bits per heavy atom. The van der Waals surface area contributed by atoms with Crippen LogP contribution in [0.4, 0.5) is 0 Å². The number of nitrogens with two attached hydrogens (primary N) is 1. The number of hydrogen-bond acceptors (Lipinski definition) is 1. The van der Waals surface area contributed by atoms with Crippen molar-refractivity contribution in [2.24, 2.45) is 5.73 Å². The van der Waals surface area contributed by atoms with Crippen molar-refractivity contribution in [3.8, 4) is 0 Å². The summed E-state index contributed by atoms with van der Waals surface area (Å²) in [5, 5.41) is 0. The summed E-state index contributed by atoms with van der Waals surface area (Å²) in [5.41, 5.74) is 6.03. The SMILES string of the molecule is [B]/C(=C/CN)CC. The van der Waals surface area contributed by atoms with Gasteiger partial charge in [0.05, 0.1) is 0 Å². The molecule has 0 unspecified atom stereocenters. The van der Waals surface area contributed by atoms with Gasteiger partial charge in [-0.3, -0.25) is 0 Å². The summed E-state index contributed by atoms with van der Waals surface area (Å²) < 4.78 is 0. The van der Waals surface area contributed by atoms with Crippen LogP contribution in [0.2, 0.25) is 0 Å². The van der Waals surface area contributed by atoms with Gasteiger partial charge < -0.3 is 5.73 Å². The average Bonchev–Trinajstić information content (AvgIpc) is 1.68. The molecule has 0 aromatic rings. The molecule has 0 fully saturated rings. The van der Waals surface area contributed by atoms with Crippen LogP contribution in [0.3, 0.4) is 0 Å². The molecule has 0 heterocycles. The molecule has 0 atom stereocenters. The van der Waals surface area contributed by atoms with Crippen LogP contribution in [-0.2, 0) is 0 Å². The van der Waals surface area contributed by atoms with E-state index in [1.165, 1.54) is 0 Å². The maximum absolute atomic E-state index is 5.36. The molecule has 0 aliphatic heterocycles. The van der Waals surface area contributed by atoms with Gasteiger partial charge in [-0.05, 0) is 6.42 Å². The molecule has 0 saturated heterocycles. The highest BCUT2D eigenvalue weighted by Crippen LogP contribution is 1.89. The lowest BCUT2D eigenvalue weighted by Crippen LogP contribution is -1.95. The van der Waals surface area contributed by atoms with E-state index in [2.05, 4.69) is 0 Å². The summed E-state index contributed by atoms with van der Waals surface area (Å²) in [4.78, 5) is 0. The first kappa shape index (κ1) is 6.76.